The van der Waals surface area contributed by atoms with E-state index in [0.717, 1.165) is 4.88 Å². The number of rotatable bonds is 3. The molecule has 0 atom stereocenters. The van der Waals surface area contributed by atoms with Crippen molar-refractivity contribution >= 4 is 44.6 Å². The van der Waals surface area contributed by atoms with Crippen molar-refractivity contribution in [3.05, 3.63) is 50.9 Å². The molecule has 2 heterocycles. The van der Waals surface area contributed by atoms with Crippen molar-refractivity contribution in [1.82, 2.24) is 4.98 Å². The Morgan fingerprint density at radius 2 is 2.05 bits per heavy atom. The van der Waals surface area contributed by atoms with E-state index in [4.69, 9.17) is 5.11 Å². The second kappa shape index (κ2) is 5.67. The molecule has 3 nitrogen and oxygen atoms in total. The van der Waals surface area contributed by atoms with E-state index in [0.29, 0.717) is 20.7 Å². The molecular weight excluding hydrogens is 377 g/mol. The molecule has 0 fully saturated rings. The molecule has 0 radical (unpaired) electrons. The number of halogens is 2. The number of hydrogen-bond donors (Lipinski definition) is 1. The van der Waals surface area contributed by atoms with Crippen molar-refractivity contribution in [2.45, 2.75) is 0 Å². The number of thiazole rings is 1. The molecule has 0 aliphatic heterocycles. The third-order valence-corrected chi connectivity index (χ3v) is 5.09. The van der Waals surface area contributed by atoms with Crippen molar-refractivity contribution in [2.75, 3.05) is 0 Å². The third-order valence-electron chi connectivity index (χ3n) is 2.76. The molecule has 1 N–H and O–H groups in total. The van der Waals surface area contributed by atoms with Crippen LogP contribution in [0.1, 0.15) is 10.4 Å². The van der Waals surface area contributed by atoms with Gasteiger partial charge in [-0.25, -0.2) is 14.2 Å². The standard InChI is InChI=1S/C14H7BrFNO2S2/c15-8-1-2-9(10(16)4-8)13-17-11(6-21-13)12-3-7(5-20-12)14(18)19/h1-6H,(H,18,19). The smallest absolute Gasteiger partial charge is 0.336 e. The Morgan fingerprint density at radius 3 is 2.71 bits per heavy atom. The number of carbonyl (C=O) groups is 1. The van der Waals surface area contributed by atoms with Crippen molar-refractivity contribution in [3.8, 4) is 21.1 Å². The number of carboxylic acids is 1. The average Bonchev–Trinajstić information content (AvgIpc) is 3.07. The lowest BCUT2D eigenvalue weighted by Gasteiger charge is -1.99. The van der Waals surface area contributed by atoms with Crippen molar-refractivity contribution < 1.29 is 14.3 Å². The van der Waals surface area contributed by atoms with Gasteiger partial charge in [-0.2, -0.15) is 0 Å². The van der Waals surface area contributed by atoms with Crippen LogP contribution >= 0.6 is 38.6 Å². The van der Waals surface area contributed by atoms with E-state index in [1.165, 1.54) is 28.7 Å². The summed E-state index contributed by atoms with van der Waals surface area (Å²) in [5.74, 6) is -1.31. The number of aromatic carboxylic acids is 1. The minimum atomic E-state index is -0.966. The van der Waals surface area contributed by atoms with E-state index in [9.17, 15) is 9.18 Å². The van der Waals surface area contributed by atoms with Crippen LogP contribution in [0.2, 0.25) is 0 Å². The molecule has 0 spiro atoms. The number of carboxylic acid groups (broad SMARTS) is 1. The highest BCUT2D eigenvalue weighted by molar-refractivity contribution is 9.10. The fraction of sp³-hybridized carbons (Fsp3) is 0. The summed E-state index contributed by atoms with van der Waals surface area (Å²) in [7, 11) is 0. The van der Waals surface area contributed by atoms with Gasteiger partial charge in [-0.3, -0.25) is 0 Å². The summed E-state index contributed by atoms with van der Waals surface area (Å²) in [6, 6.07) is 6.39. The van der Waals surface area contributed by atoms with Crippen LogP contribution in [0.3, 0.4) is 0 Å². The molecule has 3 aromatic rings. The summed E-state index contributed by atoms with van der Waals surface area (Å²) in [4.78, 5) is 16.0. The molecule has 0 aliphatic rings. The quantitative estimate of drug-likeness (QED) is 0.681. The van der Waals surface area contributed by atoms with E-state index in [2.05, 4.69) is 20.9 Å². The number of hydrogen-bond acceptors (Lipinski definition) is 4. The van der Waals surface area contributed by atoms with E-state index in [-0.39, 0.29) is 11.4 Å². The van der Waals surface area contributed by atoms with Crippen LogP contribution in [0, 0.1) is 5.82 Å². The molecule has 0 aliphatic carbocycles. The minimum Gasteiger partial charge on any atom is -0.478 e. The van der Waals surface area contributed by atoms with Crippen LogP contribution < -0.4 is 0 Å². The van der Waals surface area contributed by atoms with E-state index < -0.39 is 5.97 Å². The second-order valence-corrected chi connectivity index (χ2v) is 6.85. The van der Waals surface area contributed by atoms with Gasteiger partial charge in [0, 0.05) is 20.8 Å². The highest BCUT2D eigenvalue weighted by Gasteiger charge is 2.14. The molecule has 0 amide bonds. The summed E-state index contributed by atoms with van der Waals surface area (Å²) >= 11 is 5.85. The first-order valence-electron chi connectivity index (χ1n) is 5.78. The summed E-state index contributed by atoms with van der Waals surface area (Å²) < 4.78 is 14.6. The van der Waals surface area contributed by atoms with Gasteiger partial charge in [0.1, 0.15) is 10.8 Å². The van der Waals surface area contributed by atoms with Gasteiger partial charge in [-0.15, -0.1) is 22.7 Å². The Kier molecular flexibility index (Phi) is 3.88. The van der Waals surface area contributed by atoms with Crippen molar-refractivity contribution in [1.29, 1.82) is 0 Å². The first-order chi connectivity index (χ1) is 10.0. The first kappa shape index (κ1) is 14.4. The van der Waals surface area contributed by atoms with Gasteiger partial charge < -0.3 is 5.11 Å². The summed E-state index contributed by atoms with van der Waals surface area (Å²) in [6.45, 7) is 0. The first-order valence-corrected chi connectivity index (χ1v) is 8.33. The lowest BCUT2D eigenvalue weighted by atomic mass is 10.2. The Bertz CT molecular complexity index is 828. The zero-order valence-corrected chi connectivity index (χ0v) is 13.6. The molecule has 3 rings (SSSR count). The molecular formula is C14H7BrFNO2S2. The van der Waals surface area contributed by atoms with Crippen LogP contribution in [0.4, 0.5) is 4.39 Å². The SMILES string of the molecule is O=C(O)c1csc(-c2csc(-c3ccc(Br)cc3F)n2)c1. The van der Waals surface area contributed by atoms with Gasteiger partial charge in [-0.1, -0.05) is 15.9 Å². The summed E-state index contributed by atoms with van der Waals surface area (Å²) in [5, 5.41) is 12.9. The van der Waals surface area contributed by atoms with E-state index >= 15 is 0 Å². The third kappa shape index (κ3) is 2.90. The maximum atomic E-state index is 13.9. The molecule has 7 heteroatoms. The van der Waals surface area contributed by atoms with Crippen LogP contribution in [0.25, 0.3) is 21.1 Å². The summed E-state index contributed by atoms with van der Waals surface area (Å²) in [6.07, 6.45) is 0. The van der Waals surface area contributed by atoms with Crippen molar-refractivity contribution in [3.63, 3.8) is 0 Å². The maximum Gasteiger partial charge on any atom is 0.336 e. The number of nitrogens with zero attached hydrogens (tertiary/aromatic N) is 1. The van der Waals surface area contributed by atoms with Crippen LogP contribution in [-0.4, -0.2) is 16.1 Å². The fourth-order valence-corrected chi connectivity index (χ4v) is 3.85. The van der Waals surface area contributed by atoms with Gasteiger partial charge in [0.25, 0.3) is 0 Å². The lowest BCUT2D eigenvalue weighted by molar-refractivity contribution is 0.0697. The zero-order chi connectivity index (χ0) is 15.0. The molecule has 0 saturated carbocycles. The van der Waals surface area contributed by atoms with Crippen LogP contribution in [-0.2, 0) is 0 Å². The van der Waals surface area contributed by atoms with Gasteiger partial charge in [-0.05, 0) is 24.3 Å². The Balaban J connectivity index is 1.97. The normalized spacial score (nSPS) is 10.8. The number of aromatic nitrogens is 1. The lowest BCUT2D eigenvalue weighted by Crippen LogP contribution is -1.91. The molecule has 0 unspecified atom stereocenters. The van der Waals surface area contributed by atoms with Gasteiger partial charge in [0.15, 0.2) is 0 Å². The monoisotopic (exact) mass is 383 g/mol. The van der Waals surface area contributed by atoms with Crippen molar-refractivity contribution in [2.24, 2.45) is 0 Å². The molecule has 21 heavy (non-hydrogen) atoms. The number of benzene rings is 1. The predicted octanol–water partition coefficient (Wildman–Crippen LogP) is 5.14. The fourth-order valence-electron chi connectivity index (χ4n) is 1.76. The molecule has 0 saturated heterocycles. The summed E-state index contributed by atoms with van der Waals surface area (Å²) in [5.41, 5.74) is 1.33. The Labute approximate surface area is 135 Å². The van der Waals surface area contributed by atoms with E-state index in [1.54, 1.807) is 29.0 Å². The Morgan fingerprint density at radius 1 is 1.24 bits per heavy atom. The topological polar surface area (TPSA) is 50.2 Å². The van der Waals surface area contributed by atoms with Gasteiger partial charge in [0.2, 0.25) is 0 Å². The van der Waals surface area contributed by atoms with Crippen LogP contribution in [0.15, 0.2) is 39.5 Å². The zero-order valence-electron chi connectivity index (χ0n) is 10.3. The highest BCUT2D eigenvalue weighted by atomic mass is 79.9. The largest absolute Gasteiger partial charge is 0.478 e. The highest BCUT2D eigenvalue weighted by Crippen LogP contribution is 2.34. The minimum absolute atomic E-state index is 0.236. The van der Waals surface area contributed by atoms with E-state index in [1.807, 2.05) is 0 Å². The Hall–Kier alpha value is -1.57. The van der Waals surface area contributed by atoms with Gasteiger partial charge >= 0.3 is 5.97 Å². The molecule has 106 valence electrons. The van der Waals surface area contributed by atoms with Crippen LogP contribution in [0.5, 0.6) is 0 Å². The maximum absolute atomic E-state index is 13.9. The number of thiophene rings is 1. The molecule has 1 aromatic carbocycles. The predicted molar refractivity (Wildman–Crippen MR) is 85.5 cm³/mol. The molecule has 2 aromatic heterocycles. The average molecular weight is 384 g/mol. The van der Waals surface area contributed by atoms with Gasteiger partial charge in [0.05, 0.1) is 16.1 Å². The second-order valence-electron chi connectivity index (χ2n) is 4.17. The molecule has 0 bridgehead atoms.